The lowest BCUT2D eigenvalue weighted by Gasteiger charge is -2.44. The predicted molar refractivity (Wildman–Crippen MR) is 369 cm³/mol. The van der Waals surface area contributed by atoms with Gasteiger partial charge in [-0.25, -0.2) is 4.98 Å². The van der Waals surface area contributed by atoms with Crippen LogP contribution in [0.25, 0.3) is 17.1 Å². The number of rotatable bonds is 7. The molecule has 3 heterocycles. The molecule has 0 atom stereocenters. The quantitative estimate of drug-likeness (QED) is 0.149. The number of hydrogen-bond acceptors (Lipinski definition) is 4. The molecule has 0 bridgehead atoms. The van der Waals surface area contributed by atoms with E-state index in [4.69, 9.17) is 4.98 Å². The van der Waals surface area contributed by atoms with Crippen LogP contribution in [0.1, 0.15) is 184 Å². The van der Waals surface area contributed by atoms with Crippen LogP contribution in [-0.4, -0.2) is 16.3 Å². The molecule has 0 aliphatic carbocycles. The van der Waals surface area contributed by atoms with Crippen molar-refractivity contribution in [2.24, 2.45) is 0 Å². The van der Waals surface area contributed by atoms with Crippen LogP contribution >= 0.6 is 0 Å². The molecule has 0 amide bonds. The first kappa shape index (κ1) is 59.2. The zero-order valence-corrected chi connectivity index (χ0v) is 55.1. The maximum Gasteiger partial charge on any atom is 0.277 e. The van der Waals surface area contributed by atoms with Gasteiger partial charge in [0.05, 0.1) is 5.59 Å². The van der Waals surface area contributed by atoms with Crippen LogP contribution in [0.3, 0.4) is 0 Å². The summed E-state index contributed by atoms with van der Waals surface area (Å²) in [6, 6.07) is 67.8. The van der Waals surface area contributed by atoms with Crippen molar-refractivity contribution >= 4 is 74.5 Å². The summed E-state index contributed by atoms with van der Waals surface area (Å²) in [5.41, 5.74) is 23.2. The SMILES string of the molecule is CC(C)(C)c1ccc(-c2nc3c(n2-c2ccccc2)N(c2cc(C(C)(C)C)cc(C(C)(C)C)c2)c2cc(C(C)(C)C)cc4c2B3c2ccc(N(c3ccc(C(C)(C)C)cc3)c3ccc(C(C)(C)C)cc3)cc2N4c2ccc(C(C)(C)C)cc2)cc1. The third-order valence-corrected chi connectivity index (χ3v) is 17.9. The molecule has 436 valence electrons. The van der Waals surface area contributed by atoms with E-state index >= 15 is 0 Å². The van der Waals surface area contributed by atoms with Gasteiger partial charge in [0.15, 0.2) is 0 Å². The summed E-state index contributed by atoms with van der Waals surface area (Å²) in [4.78, 5) is 13.8. The van der Waals surface area contributed by atoms with Gasteiger partial charge in [0, 0.05) is 56.7 Å². The van der Waals surface area contributed by atoms with E-state index in [1.165, 1.54) is 61.2 Å². The topological polar surface area (TPSA) is 27.5 Å². The zero-order chi connectivity index (χ0) is 61.3. The van der Waals surface area contributed by atoms with Crippen molar-refractivity contribution in [3.63, 3.8) is 0 Å². The standard InChI is InChI=1S/C79H92BN5/c1-73(2,3)52-29-27-51(28-30-52)71-81-70-72(85(71)59-25-23-22-24-26-59)84(64-46-56(77(13,14)15)45-57(47-64)78(16,17)18)68-49-58(79(19,20)21)48-67-69(68)80(70)65-44-43-63(50-66(65)83(67)62-41-35-55(36-42-62)76(10,11)12)82(60-37-31-53(32-38-60)74(4,5)6)61-39-33-54(34-40-61)75(7,8)9/h22-50H,1-21H3. The van der Waals surface area contributed by atoms with Crippen molar-refractivity contribution in [3.05, 3.63) is 215 Å². The number of benzene rings is 8. The summed E-state index contributed by atoms with van der Waals surface area (Å²) in [5.74, 6) is 1.97. The van der Waals surface area contributed by atoms with Gasteiger partial charge in [0.1, 0.15) is 11.6 Å². The van der Waals surface area contributed by atoms with Crippen molar-refractivity contribution in [1.29, 1.82) is 0 Å². The largest absolute Gasteiger partial charge is 0.311 e. The van der Waals surface area contributed by atoms with Crippen LogP contribution in [0.15, 0.2) is 176 Å². The number of hydrogen-bond donors (Lipinski definition) is 0. The van der Waals surface area contributed by atoms with Crippen molar-refractivity contribution in [1.82, 2.24) is 9.55 Å². The third-order valence-electron chi connectivity index (χ3n) is 17.9. The molecule has 0 N–H and O–H groups in total. The zero-order valence-electron chi connectivity index (χ0n) is 55.1. The fourth-order valence-corrected chi connectivity index (χ4v) is 12.4. The molecule has 6 heteroatoms. The lowest BCUT2D eigenvalue weighted by atomic mass is 9.35. The van der Waals surface area contributed by atoms with E-state index < -0.39 is 0 Å². The van der Waals surface area contributed by atoms with E-state index in [1.807, 2.05) is 0 Å². The lowest BCUT2D eigenvalue weighted by molar-refractivity contribution is 0.568. The number of para-hydroxylation sites is 1. The molecule has 2 aliphatic rings. The second kappa shape index (κ2) is 20.6. The Morgan fingerprint density at radius 1 is 0.329 bits per heavy atom. The first-order valence-corrected chi connectivity index (χ1v) is 31.1. The summed E-state index contributed by atoms with van der Waals surface area (Å²) in [6.45, 7) is 48.5. The first-order chi connectivity index (χ1) is 39.6. The van der Waals surface area contributed by atoms with E-state index in [1.54, 1.807) is 0 Å². The highest BCUT2D eigenvalue weighted by Crippen LogP contribution is 2.50. The minimum Gasteiger partial charge on any atom is -0.311 e. The fourth-order valence-electron chi connectivity index (χ4n) is 12.4. The Hall–Kier alpha value is -7.57. The smallest absolute Gasteiger partial charge is 0.277 e. The van der Waals surface area contributed by atoms with Crippen molar-refractivity contribution in [2.45, 2.75) is 183 Å². The summed E-state index contributed by atoms with van der Waals surface area (Å²) in [6.07, 6.45) is 0. The van der Waals surface area contributed by atoms with Crippen LogP contribution in [0.5, 0.6) is 0 Å². The van der Waals surface area contributed by atoms with Gasteiger partial charge in [-0.3, -0.25) is 9.47 Å². The molecule has 2 aliphatic heterocycles. The normalized spacial score (nSPS) is 13.9. The second-order valence-electron chi connectivity index (χ2n) is 31.7. The highest BCUT2D eigenvalue weighted by Gasteiger charge is 2.48. The minimum absolute atomic E-state index is 0.00662. The van der Waals surface area contributed by atoms with Gasteiger partial charge in [-0.1, -0.05) is 236 Å². The fraction of sp³-hybridized carbons (Fsp3) is 0.354. The average molecular weight is 1120 g/mol. The first-order valence-electron chi connectivity index (χ1n) is 31.1. The van der Waals surface area contributed by atoms with Crippen LogP contribution < -0.4 is 31.2 Å². The van der Waals surface area contributed by atoms with Gasteiger partial charge >= 0.3 is 0 Å². The Kier molecular flexibility index (Phi) is 14.3. The van der Waals surface area contributed by atoms with Gasteiger partial charge in [-0.05, 0) is 173 Å². The predicted octanol–water partition coefficient (Wildman–Crippen LogP) is 20.2. The van der Waals surface area contributed by atoms with Crippen molar-refractivity contribution in [2.75, 3.05) is 14.7 Å². The molecular weight excluding hydrogens is 1030 g/mol. The molecular formula is C79H92BN5. The summed E-state index contributed by atoms with van der Waals surface area (Å²) >= 11 is 0. The lowest BCUT2D eigenvalue weighted by Crippen LogP contribution is -2.62. The van der Waals surface area contributed by atoms with Gasteiger partial charge in [-0.2, -0.15) is 0 Å². The van der Waals surface area contributed by atoms with Gasteiger partial charge in [0.25, 0.3) is 6.71 Å². The van der Waals surface area contributed by atoms with Crippen LogP contribution in [0.4, 0.5) is 51.3 Å². The Labute approximate surface area is 511 Å². The molecule has 8 aromatic carbocycles. The summed E-state index contributed by atoms with van der Waals surface area (Å²) in [7, 11) is 0. The van der Waals surface area contributed by atoms with Crippen LogP contribution in [0, 0.1) is 0 Å². The van der Waals surface area contributed by atoms with E-state index in [-0.39, 0.29) is 44.6 Å². The number of imidazole rings is 1. The Balaban J connectivity index is 1.29. The third kappa shape index (κ3) is 11.1. The Morgan fingerprint density at radius 2 is 0.729 bits per heavy atom. The maximum atomic E-state index is 6.14. The van der Waals surface area contributed by atoms with Crippen molar-refractivity contribution in [3.8, 4) is 17.1 Å². The number of nitrogens with zero attached hydrogens (tertiary/aromatic N) is 5. The molecule has 5 nitrogen and oxygen atoms in total. The molecule has 0 fully saturated rings. The Morgan fingerprint density at radius 3 is 1.18 bits per heavy atom. The summed E-state index contributed by atoms with van der Waals surface area (Å²) in [5, 5.41) is 0. The average Bonchev–Trinajstić information content (AvgIpc) is 1.69. The molecule has 0 saturated heterocycles. The van der Waals surface area contributed by atoms with Crippen molar-refractivity contribution < 1.29 is 0 Å². The van der Waals surface area contributed by atoms with E-state index in [9.17, 15) is 0 Å². The Bertz CT molecular complexity index is 3860. The molecule has 11 rings (SSSR count). The van der Waals surface area contributed by atoms with E-state index in [0.29, 0.717) is 0 Å². The molecule has 85 heavy (non-hydrogen) atoms. The van der Waals surface area contributed by atoms with Gasteiger partial charge in [0.2, 0.25) is 0 Å². The molecule has 0 radical (unpaired) electrons. The monoisotopic (exact) mass is 1120 g/mol. The van der Waals surface area contributed by atoms with E-state index in [0.717, 1.165) is 62.6 Å². The summed E-state index contributed by atoms with van der Waals surface area (Å²) < 4.78 is 2.48. The molecule has 0 unspecified atom stereocenters. The van der Waals surface area contributed by atoms with Gasteiger partial charge in [-0.15, -0.1) is 0 Å². The minimum atomic E-state index is -0.254. The maximum absolute atomic E-state index is 6.14. The van der Waals surface area contributed by atoms with Gasteiger partial charge < -0.3 is 9.80 Å². The second-order valence-corrected chi connectivity index (χ2v) is 31.7. The number of aromatic nitrogens is 2. The van der Waals surface area contributed by atoms with Crippen LogP contribution in [-0.2, 0) is 37.9 Å². The molecule has 9 aromatic rings. The molecule has 0 saturated carbocycles. The van der Waals surface area contributed by atoms with Crippen LogP contribution in [0.2, 0.25) is 0 Å². The highest BCUT2D eigenvalue weighted by molar-refractivity contribution is 7.00. The number of anilines is 9. The number of fused-ring (bicyclic) bond motifs is 4. The molecule has 0 spiro atoms. The highest BCUT2D eigenvalue weighted by atomic mass is 15.3. The molecule has 1 aromatic heterocycles. The van der Waals surface area contributed by atoms with E-state index in [2.05, 4.69) is 341 Å².